The van der Waals surface area contributed by atoms with E-state index in [-0.39, 0.29) is 12.5 Å². The first-order valence-corrected chi connectivity index (χ1v) is 7.09. The molecule has 3 rings (SSSR count). The number of likely N-dealkylation sites (N-methyl/N-ethyl adjacent to an activating group) is 1. The summed E-state index contributed by atoms with van der Waals surface area (Å²) in [5, 5.41) is 6.31. The molecule has 8 nitrogen and oxygen atoms in total. The summed E-state index contributed by atoms with van der Waals surface area (Å²) in [6.07, 6.45) is 5.33. The van der Waals surface area contributed by atoms with Gasteiger partial charge in [0, 0.05) is 19.6 Å². The molecule has 0 spiro atoms. The van der Waals surface area contributed by atoms with Gasteiger partial charge in [0.15, 0.2) is 11.5 Å². The highest BCUT2D eigenvalue weighted by Gasteiger charge is 2.17. The molecule has 1 aliphatic heterocycles. The second kappa shape index (κ2) is 6.04. The zero-order chi connectivity index (χ0) is 14.7. The third-order valence-corrected chi connectivity index (χ3v) is 3.65. The lowest BCUT2D eigenvalue weighted by Gasteiger charge is -2.18. The van der Waals surface area contributed by atoms with Crippen LogP contribution in [-0.2, 0) is 4.79 Å². The minimum atomic E-state index is -0.0162. The Morgan fingerprint density at radius 2 is 2.38 bits per heavy atom. The van der Waals surface area contributed by atoms with Crippen molar-refractivity contribution < 1.29 is 4.79 Å². The van der Waals surface area contributed by atoms with Gasteiger partial charge < -0.3 is 20.5 Å². The van der Waals surface area contributed by atoms with Gasteiger partial charge in [-0.3, -0.25) is 4.79 Å². The molecule has 1 saturated heterocycles. The molecule has 0 bridgehead atoms. The number of amides is 1. The molecule has 8 heteroatoms. The normalized spacial score (nSPS) is 18.0. The molecule has 3 N–H and O–H groups in total. The van der Waals surface area contributed by atoms with Gasteiger partial charge in [0.2, 0.25) is 5.91 Å². The number of carbonyl (C=O) groups is 1. The maximum atomic E-state index is 12.0. The Labute approximate surface area is 122 Å². The van der Waals surface area contributed by atoms with Crippen LogP contribution in [0.3, 0.4) is 0 Å². The lowest BCUT2D eigenvalue weighted by molar-refractivity contribution is -0.119. The average molecular weight is 289 g/mol. The van der Waals surface area contributed by atoms with Crippen molar-refractivity contribution in [3.8, 4) is 0 Å². The number of nitrogens with one attached hydrogen (secondary N) is 3. The van der Waals surface area contributed by atoms with Crippen LogP contribution >= 0.6 is 0 Å². The smallest absolute Gasteiger partial charge is 0.239 e. The van der Waals surface area contributed by atoms with Crippen molar-refractivity contribution in [2.75, 3.05) is 31.6 Å². The fourth-order valence-corrected chi connectivity index (χ4v) is 2.56. The standard InChI is InChI=1S/C13H19N7O/c1-20(6-10(21)15-5-9-3-2-4-14-9)13-11-12(17-7-16-11)18-8-19-13/h7-9,14H,2-6H2,1H3,(H,15,21)(H,16,17,18,19). The van der Waals surface area contributed by atoms with E-state index in [4.69, 9.17) is 0 Å². The SMILES string of the molecule is CN(CC(=O)NCC1CCCN1)c1ncnc2nc[nH]c12. The summed E-state index contributed by atoms with van der Waals surface area (Å²) in [5.74, 6) is 0.657. The lowest BCUT2D eigenvalue weighted by atomic mass is 10.2. The number of hydrogen-bond acceptors (Lipinski definition) is 6. The minimum Gasteiger partial charge on any atom is -0.353 e. The largest absolute Gasteiger partial charge is 0.353 e. The number of nitrogens with zero attached hydrogens (tertiary/aromatic N) is 4. The number of aromatic nitrogens is 4. The monoisotopic (exact) mass is 289 g/mol. The van der Waals surface area contributed by atoms with Crippen molar-refractivity contribution in [1.82, 2.24) is 30.6 Å². The molecule has 1 fully saturated rings. The molecule has 0 aromatic carbocycles. The van der Waals surface area contributed by atoms with E-state index in [0.717, 1.165) is 18.5 Å². The fraction of sp³-hybridized carbons (Fsp3) is 0.538. The summed E-state index contributed by atoms with van der Waals surface area (Å²) in [4.78, 5) is 29.2. The van der Waals surface area contributed by atoms with E-state index in [2.05, 4.69) is 30.6 Å². The van der Waals surface area contributed by atoms with E-state index in [9.17, 15) is 4.79 Å². The van der Waals surface area contributed by atoms with Gasteiger partial charge in [-0.1, -0.05) is 0 Å². The number of rotatable bonds is 5. The van der Waals surface area contributed by atoms with Gasteiger partial charge >= 0.3 is 0 Å². The molecule has 2 aromatic heterocycles. The Morgan fingerprint density at radius 1 is 1.48 bits per heavy atom. The lowest BCUT2D eigenvalue weighted by Crippen LogP contribution is -2.41. The van der Waals surface area contributed by atoms with Crippen molar-refractivity contribution in [3.05, 3.63) is 12.7 Å². The third kappa shape index (κ3) is 3.10. The molecule has 1 amide bonds. The van der Waals surface area contributed by atoms with Gasteiger partial charge in [-0.25, -0.2) is 15.0 Å². The predicted molar refractivity (Wildman–Crippen MR) is 79.0 cm³/mol. The average Bonchev–Trinajstić information content (AvgIpc) is 3.15. The molecular formula is C13H19N7O. The Hall–Kier alpha value is -2.22. The van der Waals surface area contributed by atoms with Crippen LogP contribution in [0.2, 0.25) is 0 Å². The van der Waals surface area contributed by atoms with Crippen LogP contribution < -0.4 is 15.5 Å². The molecule has 1 unspecified atom stereocenters. The molecule has 2 aromatic rings. The zero-order valence-electron chi connectivity index (χ0n) is 12.0. The van der Waals surface area contributed by atoms with E-state index >= 15 is 0 Å². The number of imidazole rings is 1. The van der Waals surface area contributed by atoms with Gasteiger partial charge in [-0.05, 0) is 19.4 Å². The number of anilines is 1. The number of fused-ring (bicyclic) bond motifs is 1. The number of aromatic amines is 1. The second-order valence-corrected chi connectivity index (χ2v) is 5.25. The van der Waals surface area contributed by atoms with E-state index in [1.165, 1.54) is 12.7 Å². The maximum Gasteiger partial charge on any atom is 0.239 e. The molecule has 0 saturated carbocycles. The summed E-state index contributed by atoms with van der Waals surface area (Å²) in [6, 6.07) is 0.401. The van der Waals surface area contributed by atoms with E-state index in [1.54, 1.807) is 11.2 Å². The van der Waals surface area contributed by atoms with Crippen molar-refractivity contribution in [1.29, 1.82) is 0 Å². The topological polar surface area (TPSA) is 98.8 Å². The molecule has 112 valence electrons. The van der Waals surface area contributed by atoms with Crippen LogP contribution in [0.5, 0.6) is 0 Å². The molecule has 21 heavy (non-hydrogen) atoms. The van der Waals surface area contributed by atoms with Crippen molar-refractivity contribution in [3.63, 3.8) is 0 Å². The summed E-state index contributed by atoms with van der Waals surface area (Å²) in [5.41, 5.74) is 1.34. The van der Waals surface area contributed by atoms with Crippen LogP contribution in [0, 0.1) is 0 Å². The molecule has 0 aliphatic carbocycles. The van der Waals surface area contributed by atoms with E-state index in [0.29, 0.717) is 24.1 Å². The highest BCUT2D eigenvalue weighted by molar-refractivity contribution is 5.86. The van der Waals surface area contributed by atoms with Gasteiger partial charge in [-0.2, -0.15) is 0 Å². The van der Waals surface area contributed by atoms with Crippen LogP contribution in [0.4, 0.5) is 5.82 Å². The number of H-pyrrole nitrogens is 1. The Balaban J connectivity index is 1.58. The number of carbonyl (C=O) groups excluding carboxylic acids is 1. The van der Waals surface area contributed by atoms with Crippen LogP contribution in [0.25, 0.3) is 11.2 Å². The maximum absolute atomic E-state index is 12.0. The Bertz CT molecular complexity index is 620. The molecular weight excluding hydrogens is 270 g/mol. The summed E-state index contributed by atoms with van der Waals surface area (Å²) < 4.78 is 0. The fourth-order valence-electron chi connectivity index (χ4n) is 2.56. The Kier molecular flexibility index (Phi) is 3.96. The summed E-state index contributed by atoms with van der Waals surface area (Å²) in [6.45, 7) is 1.97. The summed E-state index contributed by atoms with van der Waals surface area (Å²) >= 11 is 0. The van der Waals surface area contributed by atoms with Crippen molar-refractivity contribution in [2.45, 2.75) is 18.9 Å². The first-order valence-electron chi connectivity index (χ1n) is 7.09. The number of hydrogen-bond donors (Lipinski definition) is 3. The van der Waals surface area contributed by atoms with E-state index < -0.39 is 0 Å². The van der Waals surface area contributed by atoms with Gasteiger partial charge in [0.05, 0.1) is 12.9 Å². The highest BCUT2D eigenvalue weighted by atomic mass is 16.2. The first-order chi connectivity index (χ1) is 10.2. The van der Waals surface area contributed by atoms with Gasteiger partial charge in [-0.15, -0.1) is 0 Å². The van der Waals surface area contributed by atoms with Crippen molar-refractivity contribution >= 4 is 22.9 Å². The van der Waals surface area contributed by atoms with Gasteiger partial charge in [0.1, 0.15) is 11.8 Å². The van der Waals surface area contributed by atoms with Crippen LogP contribution in [-0.4, -0.2) is 58.6 Å². The zero-order valence-corrected chi connectivity index (χ0v) is 12.0. The molecule has 1 atom stereocenters. The molecule has 0 radical (unpaired) electrons. The van der Waals surface area contributed by atoms with Crippen LogP contribution in [0.1, 0.15) is 12.8 Å². The minimum absolute atomic E-state index is 0.0162. The third-order valence-electron chi connectivity index (χ3n) is 3.65. The first kappa shape index (κ1) is 13.7. The quantitative estimate of drug-likeness (QED) is 0.696. The molecule has 1 aliphatic rings. The summed E-state index contributed by atoms with van der Waals surface area (Å²) in [7, 11) is 1.83. The van der Waals surface area contributed by atoms with E-state index in [1.807, 2.05) is 7.05 Å². The highest BCUT2D eigenvalue weighted by Crippen LogP contribution is 2.17. The molecule has 3 heterocycles. The van der Waals surface area contributed by atoms with Crippen molar-refractivity contribution in [2.24, 2.45) is 0 Å². The second-order valence-electron chi connectivity index (χ2n) is 5.25. The van der Waals surface area contributed by atoms with Crippen LogP contribution in [0.15, 0.2) is 12.7 Å². The van der Waals surface area contributed by atoms with Gasteiger partial charge in [0.25, 0.3) is 0 Å². The predicted octanol–water partition coefficient (Wildman–Crippen LogP) is -0.343. The Morgan fingerprint density at radius 3 is 3.19 bits per heavy atom.